The van der Waals surface area contributed by atoms with Crippen molar-refractivity contribution in [3.8, 4) is 0 Å². The highest BCUT2D eigenvalue weighted by molar-refractivity contribution is 5.32. The SMILES string of the molecule is Cc1ccc(C(N)C(F)(F)F)cc1C. The molecule has 0 fully saturated rings. The molecular formula is C10H12F3N. The van der Waals surface area contributed by atoms with Crippen LogP contribution < -0.4 is 5.73 Å². The van der Waals surface area contributed by atoms with Crippen molar-refractivity contribution >= 4 is 0 Å². The molecule has 1 aromatic carbocycles. The van der Waals surface area contributed by atoms with E-state index in [0.717, 1.165) is 11.1 Å². The molecule has 0 saturated carbocycles. The van der Waals surface area contributed by atoms with Crippen molar-refractivity contribution in [2.45, 2.75) is 26.1 Å². The summed E-state index contributed by atoms with van der Waals surface area (Å²) in [6, 6.07) is 2.66. The quantitative estimate of drug-likeness (QED) is 0.746. The van der Waals surface area contributed by atoms with Gasteiger partial charge < -0.3 is 5.73 Å². The molecule has 1 rings (SSSR count). The molecule has 0 bridgehead atoms. The number of aryl methyl sites for hydroxylation is 2. The van der Waals surface area contributed by atoms with E-state index in [-0.39, 0.29) is 5.56 Å². The highest BCUT2D eigenvalue weighted by Gasteiger charge is 2.37. The largest absolute Gasteiger partial charge is 0.407 e. The molecule has 0 saturated heterocycles. The van der Waals surface area contributed by atoms with Gasteiger partial charge in [0.15, 0.2) is 0 Å². The summed E-state index contributed by atoms with van der Waals surface area (Å²) >= 11 is 0. The highest BCUT2D eigenvalue weighted by Crippen LogP contribution is 2.30. The number of nitrogens with two attached hydrogens (primary N) is 1. The Labute approximate surface area is 80.7 Å². The molecule has 0 aromatic heterocycles. The Hall–Kier alpha value is -1.03. The lowest BCUT2D eigenvalue weighted by molar-refractivity contribution is -0.149. The summed E-state index contributed by atoms with van der Waals surface area (Å²) in [5, 5.41) is 0. The molecule has 0 spiro atoms. The van der Waals surface area contributed by atoms with Crippen molar-refractivity contribution in [3.05, 3.63) is 34.9 Å². The molecule has 1 nitrogen and oxygen atoms in total. The fourth-order valence-corrected chi connectivity index (χ4v) is 1.15. The Morgan fingerprint density at radius 2 is 1.71 bits per heavy atom. The van der Waals surface area contributed by atoms with E-state index < -0.39 is 12.2 Å². The van der Waals surface area contributed by atoms with Crippen molar-refractivity contribution in [1.29, 1.82) is 0 Å². The maximum atomic E-state index is 12.2. The van der Waals surface area contributed by atoms with Gasteiger partial charge in [0.1, 0.15) is 6.04 Å². The Morgan fingerprint density at radius 1 is 1.14 bits per heavy atom. The summed E-state index contributed by atoms with van der Waals surface area (Å²) in [6.45, 7) is 3.61. The summed E-state index contributed by atoms with van der Waals surface area (Å²) < 4.78 is 36.7. The summed E-state index contributed by atoms with van der Waals surface area (Å²) in [5.41, 5.74) is 6.96. The second-order valence-electron chi connectivity index (χ2n) is 3.36. The number of benzene rings is 1. The van der Waals surface area contributed by atoms with E-state index in [1.807, 2.05) is 6.92 Å². The zero-order chi connectivity index (χ0) is 10.9. The van der Waals surface area contributed by atoms with Crippen molar-refractivity contribution in [2.75, 3.05) is 0 Å². The maximum Gasteiger partial charge on any atom is 0.407 e. The van der Waals surface area contributed by atoms with Crippen LogP contribution in [0.15, 0.2) is 18.2 Å². The standard InChI is InChI=1S/C10H12F3N/c1-6-3-4-8(5-7(6)2)9(14)10(11,12)13/h3-5,9H,14H2,1-2H3. The molecule has 0 amide bonds. The molecule has 4 heteroatoms. The van der Waals surface area contributed by atoms with Crippen LogP contribution in [0.1, 0.15) is 22.7 Å². The fraction of sp³-hybridized carbons (Fsp3) is 0.400. The fourth-order valence-electron chi connectivity index (χ4n) is 1.15. The maximum absolute atomic E-state index is 12.2. The molecule has 0 radical (unpaired) electrons. The lowest BCUT2D eigenvalue weighted by atomic mass is 10.0. The number of rotatable bonds is 1. The molecular weight excluding hydrogens is 191 g/mol. The van der Waals surface area contributed by atoms with E-state index in [2.05, 4.69) is 0 Å². The second kappa shape index (κ2) is 3.61. The van der Waals surface area contributed by atoms with Crippen LogP contribution in [-0.2, 0) is 0 Å². The number of halogens is 3. The molecule has 78 valence electrons. The normalized spacial score (nSPS) is 14.1. The predicted molar refractivity (Wildman–Crippen MR) is 48.9 cm³/mol. The first-order chi connectivity index (χ1) is 6.32. The molecule has 14 heavy (non-hydrogen) atoms. The third kappa shape index (κ3) is 2.26. The Kier molecular flexibility index (Phi) is 2.85. The van der Waals surface area contributed by atoms with Crippen LogP contribution >= 0.6 is 0 Å². The van der Waals surface area contributed by atoms with Crippen LogP contribution in [0, 0.1) is 13.8 Å². The molecule has 0 aliphatic rings. The average Bonchev–Trinajstić information content (AvgIpc) is 2.07. The van der Waals surface area contributed by atoms with E-state index >= 15 is 0 Å². The third-order valence-electron chi connectivity index (χ3n) is 2.24. The lowest BCUT2D eigenvalue weighted by Crippen LogP contribution is -2.28. The topological polar surface area (TPSA) is 26.0 Å². The second-order valence-corrected chi connectivity index (χ2v) is 3.36. The first kappa shape index (κ1) is 11.0. The molecule has 2 N–H and O–H groups in total. The van der Waals surface area contributed by atoms with Gasteiger partial charge >= 0.3 is 6.18 Å². The number of alkyl halides is 3. The minimum Gasteiger partial charge on any atom is -0.316 e. The molecule has 0 aliphatic heterocycles. The first-order valence-electron chi connectivity index (χ1n) is 4.22. The number of hydrogen-bond acceptors (Lipinski definition) is 1. The van der Waals surface area contributed by atoms with Crippen LogP contribution in [0.5, 0.6) is 0 Å². The Morgan fingerprint density at radius 3 is 2.14 bits per heavy atom. The minimum absolute atomic E-state index is 0.112. The zero-order valence-electron chi connectivity index (χ0n) is 8.02. The highest BCUT2D eigenvalue weighted by atomic mass is 19.4. The molecule has 1 unspecified atom stereocenters. The average molecular weight is 203 g/mol. The molecule has 0 heterocycles. The van der Waals surface area contributed by atoms with Crippen molar-refractivity contribution < 1.29 is 13.2 Å². The van der Waals surface area contributed by atoms with Crippen LogP contribution in [-0.4, -0.2) is 6.18 Å². The number of hydrogen-bond donors (Lipinski definition) is 1. The zero-order valence-corrected chi connectivity index (χ0v) is 8.02. The van der Waals surface area contributed by atoms with E-state index in [0.29, 0.717) is 0 Å². The monoisotopic (exact) mass is 203 g/mol. The van der Waals surface area contributed by atoms with Gasteiger partial charge in [0.25, 0.3) is 0 Å². The predicted octanol–water partition coefficient (Wildman–Crippen LogP) is 2.87. The van der Waals surface area contributed by atoms with E-state index in [4.69, 9.17) is 5.73 Å². The third-order valence-corrected chi connectivity index (χ3v) is 2.24. The molecule has 0 aliphatic carbocycles. The van der Waals surface area contributed by atoms with Crippen LogP contribution in [0.25, 0.3) is 0 Å². The van der Waals surface area contributed by atoms with Gasteiger partial charge in [0.2, 0.25) is 0 Å². The molecule has 1 aromatic rings. The van der Waals surface area contributed by atoms with Crippen LogP contribution in [0.4, 0.5) is 13.2 Å². The van der Waals surface area contributed by atoms with E-state index in [9.17, 15) is 13.2 Å². The molecule has 1 atom stereocenters. The van der Waals surface area contributed by atoms with Gasteiger partial charge in [-0.05, 0) is 30.5 Å². The summed E-state index contributed by atoms with van der Waals surface area (Å²) in [4.78, 5) is 0. The van der Waals surface area contributed by atoms with Crippen LogP contribution in [0.2, 0.25) is 0 Å². The van der Waals surface area contributed by atoms with E-state index in [1.54, 1.807) is 13.0 Å². The van der Waals surface area contributed by atoms with E-state index in [1.165, 1.54) is 12.1 Å². The minimum atomic E-state index is -4.37. The summed E-state index contributed by atoms with van der Waals surface area (Å²) in [5.74, 6) is 0. The van der Waals surface area contributed by atoms with Crippen LogP contribution in [0.3, 0.4) is 0 Å². The first-order valence-corrected chi connectivity index (χ1v) is 4.22. The van der Waals surface area contributed by atoms with Crippen molar-refractivity contribution in [2.24, 2.45) is 5.73 Å². The van der Waals surface area contributed by atoms with Crippen molar-refractivity contribution in [1.82, 2.24) is 0 Å². The lowest BCUT2D eigenvalue weighted by Gasteiger charge is -2.16. The van der Waals surface area contributed by atoms with Gasteiger partial charge in [-0.2, -0.15) is 13.2 Å². The van der Waals surface area contributed by atoms with Gasteiger partial charge in [-0.25, -0.2) is 0 Å². The van der Waals surface area contributed by atoms with Gasteiger partial charge in [0.05, 0.1) is 0 Å². The van der Waals surface area contributed by atoms with Gasteiger partial charge in [-0.15, -0.1) is 0 Å². The van der Waals surface area contributed by atoms with Gasteiger partial charge in [-0.1, -0.05) is 18.2 Å². The smallest absolute Gasteiger partial charge is 0.316 e. The summed E-state index contributed by atoms with van der Waals surface area (Å²) in [6.07, 6.45) is -4.37. The Bertz CT molecular complexity index is 331. The summed E-state index contributed by atoms with van der Waals surface area (Å²) in [7, 11) is 0. The van der Waals surface area contributed by atoms with Crippen molar-refractivity contribution in [3.63, 3.8) is 0 Å². The van der Waals surface area contributed by atoms with Gasteiger partial charge in [-0.3, -0.25) is 0 Å². The Balaban J connectivity index is 3.03. The van der Waals surface area contributed by atoms with Gasteiger partial charge in [0, 0.05) is 0 Å².